The zero-order valence-corrected chi connectivity index (χ0v) is 18.9. The summed E-state index contributed by atoms with van der Waals surface area (Å²) in [4.78, 5) is 21.7. The second-order valence-electron chi connectivity index (χ2n) is 7.92. The highest BCUT2D eigenvalue weighted by atomic mass is 19.1. The molecule has 0 aliphatic heterocycles. The van der Waals surface area contributed by atoms with E-state index in [4.69, 9.17) is 10.5 Å². The van der Waals surface area contributed by atoms with Crippen LogP contribution >= 0.6 is 0 Å². The van der Waals surface area contributed by atoms with Gasteiger partial charge in [0, 0.05) is 29.0 Å². The number of H-pyrrole nitrogens is 1. The van der Waals surface area contributed by atoms with E-state index in [0.29, 0.717) is 22.8 Å². The van der Waals surface area contributed by atoms with Crippen LogP contribution < -0.4 is 20.3 Å². The molecule has 0 aliphatic rings. The van der Waals surface area contributed by atoms with E-state index >= 15 is 0 Å². The molecule has 0 radical (unpaired) electrons. The lowest BCUT2D eigenvalue weighted by atomic mass is 10.1. The molecular weight excluding hydrogens is 451 g/mol. The Labute approximate surface area is 199 Å². The molecule has 1 atom stereocenters. The van der Waals surface area contributed by atoms with Crippen LogP contribution in [0.25, 0.3) is 16.8 Å². The number of hydrogen-bond donors (Lipinski definition) is 3. The Balaban J connectivity index is 1.39. The lowest BCUT2D eigenvalue weighted by Crippen LogP contribution is -2.22. The van der Waals surface area contributed by atoms with Crippen molar-refractivity contribution in [3.05, 3.63) is 84.2 Å². The number of anilines is 2. The van der Waals surface area contributed by atoms with Gasteiger partial charge in [0.25, 0.3) is 5.91 Å². The molecule has 4 heterocycles. The number of carbonyl (C=O) groups excluding carboxylic acids is 1. The minimum Gasteiger partial charge on any atom is -0.480 e. The number of hydrogen-bond acceptors (Lipinski definition) is 6. The minimum absolute atomic E-state index is 0.148. The van der Waals surface area contributed by atoms with E-state index in [1.807, 2.05) is 19.1 Å². The van der Waals surface area contributed by atoms with Gasteiger partial charge in [0.1, 0.15) is 17.6 Å². The van der Waals surface area contributed by atoms with Crippen molar-refractivity contribution in [2.75, 3.05) is 18.2 Å². The third kappa shape index (κ3) is 4.38. The summed E-state index contributed by atoms with van der Waals surface area (Å²) in [5.41, 5.74) is 9.52. The smallest absolute Gasteiger partial charge is 0.351 e. The normalized spacial score (nSPS) is 12.0. The predicted molar refractivity (Wildman–Crippen MR) is 126 cm³/mol. The topological polar surface area (TPSA) is 128 Å². The molecule has 0 spiro atoms. The molecule has 0 bridgehead atoms. The van der Waals surface area contributed by atoms with Crippen LogP contribution in [0.1, 0.15) is 28.9 Å². The highest BCUT2D eigenvalue weighted by molar-refractivity contribution is 6.06. The summed E-state index contributed by atoms with van der Waals surface area (Å²) in [6.45, 7) is 1.93. The number of nitrogen functional groups attached to an aromatic ring is 1. The summed E-state index contributed by atoms with van der Waals surface area (Å²) in [5.74, 6) is -0.210. The molecule has 1 aromatic carbocycles. The molecule has 5 rings (SSSR count). The van der Waals surface area contributed by atoms with Gasteiger partial charge in [0.05, 0.1) is 25.0 Å². The van der Waals surface area contributed by atoms with Crippen molar-refractivity contribution in [3.8, 4) is 17.0 Å². The predicted octanol–water partition coefficient (Wildman–Crippen LogP) is 3.00. The maximum Gasteiger partial charge on any atom is 0.351 e. The van der Waals surface area contributed by atoms with Gasteiger partial charge in [-0.1, -0.05) is 12.1 Å². The maximum atomic E-state index is 13.2. The fourth-order valence-electron chi connectivity index (χ4n) is 3.76. The van der Waals surface area contributed by atoms with E-state index in [0.717, 1.165) is 11.1 Å². The number of aromatic nitrogens is 6. The molecular formula is C24H22FN8O2+. The van der Waals surface area contributed by atoms with Gasteiger partial charge in [-0.2, -0.15) is 10.2 Å². The van der Waals surface area contributed by atoms with Crippen molar-refractivity contribution < 1.29 is 18.4 Å². The molecule has 4 aromatic heterocycles. The van der Waals surface area contributed by atoms with Gasteiger partial charge in [-0.25, -0.2) is 9.37 Å². The molecule has 35 heavy (non-hydrogen) atoms. The molecule has 1 amide bonds. The largest absolute Gasteiger partial charge is 0.480 e. The van der Waals surface area contributed by atoms with Crippen molar-refractivity contribution in [3.63, 3.8) is 0 Å². The van der Waals surface area contributed by atoms with E-state index in [9.17, 15) is 9.18 Å². The van der Waals surface area contributed by atoms with Crippen LogP contribution in [-0.2, 0) is 0 Å². The second kappa shape index (κ2) is 8.86. The quantitative estimate of drug-likeness (QED) is 0.325. The van der Waals surface area contributed by atoms with Crippen molar-refractivity contribution >= 4 is 23.2 Å². The first kappa shape index (κ1) is 22.0. The van der Waals surface area contributed by atoms with Crippen LogP contribution in [-0.4, -0.2) is 37.9 Å². The molecule has 0 saturated heterocycles. The summed E-state index contributed by atoms with van der Waals surface area (Å²) in [5, 5.41) is 10.1. The van der Waals surface area contributed by atoms with Crippen LogP contribution in [0.3, 0.4) is 0 Å². The molecule has 4 N–H and O–H groups in total. The van der Waals surface area contributed by atoms with Crippen molar-refractivity contribution in [1.29, 1.82) is 0 Å². The number of nitrogens with zero attached hydrogens (tertiary/aromatic N) is 5. The number of halogens is 1. The number of aromatic amines is 1. The van der Waals surface area contributed by atoms with Crippen LogP contribution in [0.4, 0.5) is 16.0 Å². The summed E-state index contributed by atoms with van der Waals surface area (Å²) in [6, 6.07) is 11.5. The lowest BCUT2D eigenvalue weighted by Gasteiger charge is -2.12. The van der Waals surface area contributed by atoms with E-state index in [1.54, 1.807) is 52.2 Å². The fourth-order valence-corrected chi connectivity index (χ4v) is 3.76. The first-order chi connectivity index (χ1) is 16.9. The van der Waals surface area contributed by atoms with Gasteiger partial charge in [0.2, 0.25) is 5.88 Å². The number of methoxy groups -OCH3 is 1. The number of nitrogens with two attached hydrogens (primary N) is 1. The number of nitrogens with one attached hydrogen (secondary N) is 2. The van der Waals surface area contributed by atoms with Crippen LogP contribution in [0, 0.1) is 5.82 Å². The third-order valence-electron chi connectivity index (χ3n) is 5.64. The Kier molecular flexibility index (Phi) is 5.57. The number of ether oxygens (including phenoxy) is 1. The summed E-state index contributed by atoms with van der Waals surface area (Å²) in [6.07, 6.45) is 6.67. The fraction of sp³-hybridized carbons (Fsp3) is 0.125. The van der Waals surface area contributed by atoms with Gasteiger partial charge in [-0.05, 0) is 42.3 Å². The Hall–Kier alpha value is -4.80. The summed E-state index contributed by atoms with van der Waals surface area (Å²) in [7, 11) is 1.45. The molecule has 0 fully saturated rings. The third-order valence-corrected chi connectivity index (χ3v) is 5.64. The average Bonchev–Trinajstić information content (AvgIpc) is 3.48. The number of carbonyl (C=O) groups is 1. The number of fused-ring (bicyclic) bond motifs is 1. The monoisotopic (exact) mass is 473 g/mol. The zero-order chi connectivity index (χ0) is 24.5. The van der Waals surface area contributed by atoms with E-state index in [-0.39, 0.29) is 23.3 Å². The minimum atomic E-state index is -0.398. The van der Waals surface area contributed by atoms with Crippen molar-refractivity contribution in [2.45, 2.75) is 13.0 Å². The van der Waals surface area contributed by atoms with Gasteiger partial charge >= 0.3 is 11.6 Å². The van der Waals surface area contributed by atoms with Gasteiger partial charge in [-0.15, -0.1) is 4.52 Å². The highest BCUT2D eigenvalue weighted by Gasteiger charge is 2.19. The molecule has 5 aromatic rings. The van der Waals surface area contributed by atoms with Gasteiger partial charge in [0.15, 0.2) is 0 Å². The van der Waals surface area contributed by atoms with Gasteiger partial charge < -0.3 is 15.8 Å². The van der Waals surface area contributed by atoms with E-state index in [1.165, 1.54) is 19.2 Å². The zero-order valence-electron chi connectivity index (χ0n) is 18.9. The molecule has 11 heteroatoms. The lowest BCUT2D eigenvalue weighted by molar-refractivity contribution is -0.576. The summed E-state index contributed by atoms with van der Waals surface area (Å²) >= 11 is 0. The highest BCUT2D eigenvalue weighted by Crippen LogP contribution is 2.26. The molecule has 0 aliphatic carbocycles. The van der Waals surface area contributed by atoms with Crippen molar-refractivity contribution in [1.82, 2.24) is 24.8 Å². The Morgan fingerprint density at radius 1 is 1.20 bits per heavy atom. The van der Waals surface area contributed by atoms with E-state index < -0.39 is 5.91 Å². The Morgan fingerprint density at radius 2 is 2.00 bits per heavy atom. The molecule has 176 valence electrons. The second-order valence-corrected chi connectivity index (χ2v) is 7.92. The standard InChI is InChI=1S/C24H21FN8O2/c1-14(15-3-5-18(25)6-4-15)33-13-19(12-28-33)29-22(34)20-9-17(11-27-23(20)35-2)16-7-8-32-21(10-16)30-24(26)31-32/h3-14H,1-2H3,(H3,26,29,31,34)/p+1. The number of benzene rings is 1. The number of rotatable bonds is 6. The van der Waals surface area contributed by atoms with Crippen LogP contribution in [0.15, 0.2) is 67.3 Å². The first-order valence-corrected chi connectivity index (χ1v) is 10.7. The van der Waals surface area contributed by atoms with Crippen molar-refractivity contribution in [2.24, 2.45) is 0 Å². The number of amides is 1. The molecule has 10 nitrogen and oxygen atoms in total. The molecule has 1 unspecified atom stereocenters. The first-order valence-electron chi connectivity index (χ1n) is 10.7. The van der Waals surface area contributed by atoms with E-state index in [2.05, 4.69) is 25.5 Å². The SMILES string of the molecule is COc1ncc(-c2cc[n+]3[nH]c(N)nc3c2)cc1C(=O)Nc1cnn(C(C)c2ccc(F)cc2)c1. The Morgan fingerprint density at radius 3 is 2.77 bits per heavy atom. The molecule has 0 saturated carbocycles. The number of pyridine rings is 2. The summed E-state index contributed by atoms with van der Waals surface area (Å²) < 4.78 is 21.9. The van der Waals surface area contributed by atoms with Crippen LogP contribution in [0.5, 0.6) is 5.88 Å². The Bertz CT molecular complexity index is 1530. The average molecular weight is 473 g/mol. The van der Waals surface area contributed by atoms with Crippen LogP contribution in [0.2, 0.25) is 0 Å². The maximum absolute atomic E-state index is 13.2. The van der Waals surface area contributed by atoms with Gasteiger partial charge in [-0.3, -0.25) is 9.48 Å².